The van der Waals surface area contributed by atoms with Crippen LogP contribution < -0.4 is 11.2 Å². The van der Waals surface area contributed by atoms with E-state index in [1.165, 1.54) is 12.1 Å². The molecular formula is C13H10BrFN2O3. The van der Waals surface area contributed by atoms with Gasteiger partial charge in [-0.3, -0.25) is 9.36 Å². The molecule has 3 rings (SSSR count). The molecular weight excluding hydrogens is 331 g/mol. The second-order valence-electron chi connectivity index (χ2n) is 4.66. The van der Waals surface area contributed by atoms with E-state index >= 15 is 0 Å². The Morgan fingerprint density at radius 1 is 1.25 bits per heavy atom. The standard InChI is InChI=1S/C13H10BrFN2O3/c14-7-1-4-10(9(15)5-7)17-12(19)6-11(18)16(13(17)20)8-2-3-8/h1,4-6,8,18H,2-3H2. The lowest BCUT2D eigenvalue weighted by molar-refractivity contribution is 0.397. The first kappa shape index (κ1) is 13.1. The summed E-state index contributed by atoms with van der Waals surface area (Å²) in [7, 11) is 0. The number of rotatable bonds is 2. The number of aromatic hydroxyl groups is 1. The molecule has 7 heteroatoms. The molecule has 1 aliphatic carbocycles. The summed E-state index contributed by atoms with van der Waals surface area (Å²) in [6.45, 7) is 0. The van der Waals surface area contributed by atoms with Gasteiger partial charge in [0.1, 0.15) is 5.82 Å². The number of benzene rings is 1. The Kier molecular flexibility index (Phi) is 3.01. The van der Waals surface area contributed by atoms with Gasteiger partial charge in [0.25, 0.3) is 5.56 Å². The van der Waals surface area contributed by atoms with Gasteiger partial charge >= 0.3 is 5.69 Å². The average Bonchev–Trinajstić information content (AvgIpc) is 3.15. The lowest BCUT2D eigenvalue weighted by atomic mass is 10.3. The zero-order valence-corrected chi connectivity index (χ0v) is 11.8. The van der Waals surface area contributed by atoms with Gasteiger partial charge in [-0.25, -0.2) is 13.8 Å². The zero-order chi connectivity index (χ0) is 14.4. The quantitative estimate of drug-likeness (QED) is 0.908. The van der Waals surface area contributed by atoms with E-state index in [4.69, 9.17) is 0 Å². The van der Waals surface area contributed by atoms with Crippen LogP contribution in [0, 0.1) is 5.82 Å². The first-order valence-corrected chi connectivity index (χ1v) is 6.81. The molecule has 0 amide bonds. The minimum atomic E-state index is -0.759. The lowest BCUT2D eigenvalue weighted by Gasteiger charge is -2.11. The minimum Gasteiger partial charge on any atom is -0.494 e. The monoisotopic (exact) mass is 340 g/mol. The maximum absolute atomic E-state index is 13.9. The van der Waals surface area contributed by atoms with E-state index in [9.17, 15) is 19.1 Å². The van der Waals surface area contributed by atoms with Crippen LogP contribution >= 0.6 is 15.9 Å². The van der Waals surface area contributed by atoms with Crippen molar-refractivity contribution in [1.82, 2.24) is 9.13 Å². The van der Waals surface area contributed by atoms with E-state index in [0.29, 0.717) is 4.47 Å². The van der Waals surface area contributed by atoms with Gasteiger partial charge in [-0.1, -0.05) is 15.9 Å². The fraction of sp³-hybridized carbons (Fsp3) is 0.231. The highest BCUT2D eigenvalue weighted by Gasteiger charge is 2.29. The Balaban J connectivity index is 2.31. The van der Waals surface area contributed by atoms with Gasteiger partial charge in [0.15, 0.2) is 0 Å². The molecule has 1 aromatic carbocycles. The van der Waals surface area contributed by atoms with Crippen molar-refractivity contribution in [3.8, 4) is 11.6 Å². The third-order valence-corrected chi connectivity index (χ3v) is 3.67. The highest BCUT2D eigenvalue weighted by Crippen LogP contribution is 2.35. The summed E-state index contributed by atoms with van der Waals surface area (Å²) < 4.78 is 16.3. The van der Waals surface area contributed by atoms with Crippen LogP contribution in [0.25, 0.3) is 5.69 Å². The maximum Gasteiger partial charge on any atom is 0.338 e. The van der Waals surface area contributed by atoms with Gasteiger partial charge in [-0.2, -0.15) is 0 Å². The molecule has 0 saturated heterocycles. The highest BCUT2D eigenvalue weighted by molar-refractivity contribution is 9.10. The van der Waals surface area contributed by atoms with E-state index in [-0.39, 0.29) is 17.6 Å². The lowest BCUT2D eigenvalue weighted by Crippen LogP contribution is -2.38. The topological polar surface area (TPSA) is 64.2 Å². The molecule has 0 atom stereocenters. The molecule has 1 saturated carbocycles. The van der Waals surface area contributed by atoms with Gasteiger partial charge in [0.2, 0.25) is 5.88 Å². The van der Waals surface area contributed by atoms with Gasteiger partial charge in [0.05, 0.1) is 11.8 Å². The minimum absolute atomic E-state index is 0.118. The van der Waals surface area contributed by atoms with Crippen LogP contribution in [0.2, 0.25) is 0 Å². The Morgan fingerprint density at radius 3 is 2.55 bits per heavy atom. The molecule has 1 N–H and O–H groups in total. The second-order valence-corrected chi connectivity index (χ2v) is 5.57. The SMILES string of the molecule is O=c1cc(O)n(C2CC2)c(=O)n1-c1ccc(Br)cc1F. The van der Waals surface area contributed by atoms with Crippen LogP contribution in [-0.2, 0) is 0 Å². The molecule has 0 unspecified atom stereocenters. The molecule has 0 radical (unpaired) electrons. The largest absolute Gasteiger partial charge is 0.494 e. The predicted octanol–water partition coefficient (Wildman–Crippen LogP) is 1.94. The van der Waals surface area contributed by atoms with Crippen molar-refractivity contribution in [3.05, 3.63) is 55.4 Å². The summed E-state index contributed by atoms with van der Waals surface area (Å²) in [4.78, 5) is 24.2. The number of halogens is 2. The Morgan fingerprint density at radius 2 is 1.95 bits per heavy atom. The number of hydrogen-bond donors (Lipinski definition) is 1. The van der Waals surface area contributed by atoms with Crippen LogP contribution in [0.3, 0.4) is 0 Å². The summed E-state index contributed by atoms with van der Waals surface area (Å²) in [5.41, 5.74) is -1.61. The fourth-order valence-corrected chi connectivity index (χ4v) is 2.44. The van der Waals surface area contributed by atoms with E-state index in [1.54, 1.807) is 6.07 Å². The van der Waals surface area contributed by atoms with Gasteiger partial charge in [0, 0.05) is 10.5 Å². The highest BCUT2D eigenvalue weighted by atomic mass is 79.9. The van der Waals surface area contributed by atoms with Gasteiger partial charge < -0.3 is 5.11 Å². The first-order valence-electron chi connectivity index (χ1n) is 6.02. The molecule has 20 heavy (non-hydrogen) atoms. The molecule has 0 bridgehead atoms. The third kappa shape index (κ3) is 2.07. The van der Waals surface area contributed by atoms with Crippen molar-refractivity contribution in [1.29, 1.82) is 0 Å². The van der Waals surface area contributed by atoms with E-state index in [1.807, 2.05) is 0 Å². The predicted molar refractivity (Wildman–Crippen MR) is 73.9 cm³/mol. The van der Waals surface area contributed by atoms with Crippen LogP contribution in [0.4, 0.5) is 4.39 Å². The molecule has 2 aromatic rings. The van der Waals surface area contributed by atoms with Crippen LogP contribution in [0.15, 0.2) is 38.3 Å². The smallest absolute Gasteiger partial charge is 0.338 e. The molecule has 0 spiro atoms. The summed E-state index contributed by atoms with van der Waals surface area (Å²) in [6.07, 6.45) is 1.52. The summed E-state index contributed by atoms with van der Waals surface area (Å²) in [6, 6.07) is 4.87. The van der Waals surface area contributed by atoms with Gasteiger partial charge in [-0.05, 0) is 31.0 Å². The number of aromatic nitrogens is 2. The normalized spacial score (nSPS) is 14.5. The Bertz CT molecular complexity index is 808. The molecule has 0 aliphatic heterocycles. The van der Waals surface area contributed by atoms with Crippen molar-refractivity contribution in [2.24, 2.45) is 0 Å². The fourth-order valence-electron chi connectivity index (χ4n) is 2.10. The first-order chi connectivity index (χ1) is 9.49. The Labute approximate surface area is 121 Å². The van der Waals surface area contributed by atoms with Crippen molar-refractivity contribution in [2.45, 2.75) is 18.9 Å². The van der Waals surface area contributed by atoms with Crippen molar-refractivity contribution in [2.75, 3.05) is 0 Å². The molecule has 1 aliphatic rings. The average molecular weight is 341 g/mol. The maximum atomic E-state index is 13.9. The van der Waals surface area contributed by atoms with Crippen LogP contribution in [-0.4, -0.2) is 14.2 Å². The van der Waals surface area contributed by atoms with E-state index in [2.05, 4.69) is 15.9 Å². The third-order valence-electron chi connectivity index (χ3n) is 3.18. The molecule has 104 valence electrons. The van der Waals surface area contributed by atoms with Gasteiger partial charge in [-0.15, -0.1) is 0 Å². The number of hydrogen-bond acceptors (Lipinski definition) is 3. The van der Waals surface area contributed by atoms with Crippen molar-refractivity contribution < 1.29 is 9.50 Å². The summed E-state index contributed by atoms with van der Waals surface area (Å²) in [5, 5.41) is 9.72. The van der Waals surface area contributed by atoms with E-state index in [0.717, 1.165) is 28.0 Å². The van der Waals surface area contributed by atoms with Crippen LogP contribution in [0.1, 0.15) is 18.9 Å². The Hall–Kier alpha value is -1.89. The molecule has 1 fully saturated rings. The van der Waals surface area contributed by atoms with Crippen LogP contribution in [0.5, 0.6) is 5.88 Å². The summed E-state index contributed by atoms with van der Waals surface area (Å²) >= 11 is 3.11. The molecule has 5 nitrogen and oxygen atoms in total. The zero-order valence-electron chi connectivity index (χ0n) is 10.2. The van der Waals surface area contributed by atoms with E-state index < -0.39 is 17.1 Å². The summed E-state index contributed by atoms with van der Waals surface area (Å²) in [5.74, 6) is -1.07. The molecule has 1 aromatic heterocycles. The number of nitrogens with zero attached hydrogens (tertiary/aromatic N) is 2. The van der Waals surface area contributed by atoms with Crippen molar-refractivity contribution in [3.63, 3.8) is 0 Å². The molecule has 1 heterocycles. The van der Waals surface area contributed by atoms with Crippen molar-refractivity contribution >= 4 is 15.9 Å². The second kappa shape index (κ2) is 4.59.